The van der Waals surface area contributed by atoms with Gasteiger partial charge in [-0.25, -0.2) is 4.39 Å². The fourth-order valence-electron chi connectivity index (χ4n) is 2.16. The number of aryl methyl sites for hydroxylation is 1. The molecule has 0 spiro atoms. The van der Waals surface area contributed by atoms with Crippen LogP contribution >= 0.6 is 0 Å². The second-order valence-corrected chi connectivity index (χ2v) is 4.47. The van der Waals surface area contributed by atoms with Gasteiger partial charge in [0.05, 0.1) is 12.2 Å². The van der Waals surface area contributed by atoms with E-state index in [9.17, 15) is 4.39 Å². The predicted octanol–water partition coefficient (Wildman–Crippen LogP) is 3.17. The van der Waals surface area contributed by atoms with E-state index in [4.69, 9.17) is 9.84 Å². The van der Waals surface area contributed by atoms with Gasteiger partial charge in [-0.3, -0.25) is 0 Å². The Hall–Kier alpha value is -1.09. The summed E-state index contributed by atoms with van der Waals surface area (Å²) in [5, 5.41) is 8.86. The second kappa shape index (κ2) is 4.83. The molecule has 1 aromatic rings. The molecule has 0 aromatic heterocycles. The van der Waals surface area contributed by atoms with Gasteiger partial charge in [-0.2, -0.15) is 0 Å². The number of phenols is 1. The molecule has 88 valence electrons. The first kappa shape index (κ1) is 11.4. The van der Waals surface area contributed by atoms with Crippen molar-refractivity contribution in [2.75, 3.05) is 0 Å². The van der Waals surface area contributed by atoms with E-state index < -0.39 is 5.82 Å². The number of rotatable bonds is 0. The van der Waals surface area contributed by atoms with Crippen LogP contribution in [-0.4, -0.2) is 17.3 Å². The Labute approximate surface area is 95.1 Å². The molecule has 2 aliphatic rings. The van der Waals surface area contributed by atoms with Crippen LogP contribution in [0.4, 0.5) is 4.39 Å². The normalized spacial score (nSPS) is 26.4. The minimum atomic E-state index is -0.405. The number of hydrogen-bond acceptors (Lipinski definition) is 2. The van der Waals surface area contributed by atoms with E-state index in [-0.39, 0.29) is 5.75 Å². The van der Waals surface area contributed by atoms with Crippen LogP contribution < -0.4 is 0 Å². The van der Waals surface area contributed by atoms with Gasteiger partial charge in [0.25, 0.3) is 0 Å². The second-order valence-electron chi connectivity index (χ2n) is 4.47. The summed E-state index contributed by atoms with van der Waals surface area (Å²) in [7, 11) is 0. The van der Waals surface area contributed by atoms with E-state index in [1.54, 1.807) is 6.92 Å². The van der Waals surface area contributed by atoms with E-state index in [2.05, 4.69) is 0 Å². The minimum Gasteiger partial charge on any atom is -0.508 e. The standard InChI is InChI=1S/C7H7FO.C6H10O/c1-5-2-3-6(8)4-7(5)9;1-2-6-4-3-5(1)7-6/h2-4,9H,1H3;5-6H,1-4H2. The average molecular weight is 224 g/mol. The van der Waals surface area contributed by atoms with E-state index in [0.29, 0.717) is 17.8 Å². The number of hydrogen-bond donors (Lipinski definition) is 1. The fraction of sp³-hybridized carbons (Fsp3) is 0.538. The van der Waals surface area contributed by atoms with Crippen molar-refractivity contribution in [3.8, 4) is 5.75 Å². The highest BCUT2D eigenvalue weighted by atomic mass is 19.1. The van der Waals surface area contributed by atoms with Gasteiger partial charge in [0.15, 0.2) is 0 Å². The summed E-state index contributed by atoms with van der Waals surface area (Å²) in [4.78, 5) is 0. The van der Waals surface area contributed by atoms with Crippen molar-refractivity contribution in [3.63, 3.8) is 0 Å². The van der Waals surface area contributed by atoms with Gasteiger partial charge in [0.2, 0.25) is 0 Å². The largest absolute Gasteiger partial charge is 0.508 e. The molecule has 3 rings (SSSR count). The van der Waals surface area contributed by atoms with Gasteiger partial charge < -0.3 is 9.84 Å². The lowest BCUT2D eigenvalue weighted by Gasteiger charge is -2.00. The van der Waals surface area contributed by atoms with Crippen molar-refractivity contribution in [3.05, 3.63) is 29.6 Å². The molecule has 2 nitrogen and oxygen atoms in total. The minimum absolute atomic E-state index is 0.00926. The van der Waals surface area contributed by atoms with Crippen LogP contribution in [0.25, 0.3) is 0 Å². The first-order valence-corrected chi connectivity index (χ1v) is 5.76. The van der Waals surface area contributed by atoms with Crippen LogP contribution in [0.3, 0.4) is 0 Å². The van der Waals surface area contributed by atoms with Crippen LogP contribution in [0, 0.1) is 12.7 Å². The van der Waals surface area contributed by atoms with Crippen LogP contribution in [0.5, 0.6) is 5.75 Å². The highest BCUT2D eigenvalue weighted by Crippen LogP contribution is 2.33. The SMILES string of the molecule is C1CC2CCC1O2.Cc1ccc(F)cc1O. The van der Waals surface area contributed by atoms with E-state index in [0.717, 1.165) is 6.07 Å². The average Bonchev–Trinajstić information content (AvgIpc) is 2.89. The summed E-state index contributed by atoms with van der Waals surface area (Å²) >= 11 is 0. The van der Waals surface area contributed by atoms with Crippen molar-refractivity contribution >= 4 is 0 Å². The lowest BCUT2D eigenvalue weighted by atomic mass is 10.0. The fourth-order valence-corrected chi connectivity index (χ4v) is 2.16. The molecule has 2 saturated heterocycles. The molecule has 2 fully saturated rings. The van der Waals surface area contributed by atoms with Crippen LogP contribution in [0.15, 0.2) is 18.2 Å². The maximum atomic E-state index is 12.2. The van der Waals surface area contributed by atoms with E-state index >= 15 is 0 Å². The molecule has 0 aliphatic carbocycles. The molecular weight excluding hydrogens is 207 g/mol. The zero-order valence-electron chi connectivity index (χ0n) is 9.45. The number of fused-ring (bicyclic) bond motifs is 2. The number of ether oxygens (including phenoxy) is 1. The summed E-state index contributed by atoms with van der Waals surface area (Å²) in [6.45, 7) is 1.72. The smallest absolute Gasteiger partial charge is 0.126 e. The molecule has 2 aliphatic heterocycles. The van der Waals surface area contributed by atoms with Crippen molar-refractivity contribution < 1.29 is 14.2 Å². The monoisotopic (exact) mass is 224 g/mol. The molecule has 0 unspecified atom stereocenters. The summed E-state index contributed by atoms with van der Waals surface area (Å²) in [5.74, 6) is -0.395. The van der Waals surface area contributed by atoms with Crippen LogP contribution in [0.2, 0.25) is 0 Å². The van der Waals surface area contributed by atoms with Crippen molar-refractivity contribution in [2.24, 2.45) is 0 Å². The van der Waals surface area contributed by atoms with Gasteiger partial charge in [-0.15, -0.1) is 0 Å². The zero-order valence-corrected chi connectivity index (χ0v) is 9.45. The molecule has 1 aromatic carbocycles. The molecule has 0 saturated carbocycles. The van der Waals surface area contributed by atoms with E-state index in [1.165, 1.54) is 37.8 Å². The molecule has 3 heteroatoms. The number of halogens is 1. The van der Waals surface area contributed by atoms with Crippen molar-refractivity contribution in [1.82, 2.24) is 0 Å². The molecule has 0 atom stereocenters. The Morgan fingerprint density at radius 2 is 1.75 bits per heavy atom. The number of aromatic hydroxyl groups is 1. The third kappa shape index (κ3) is 2.73. The first-order valence-electron chi connectivity index (χ1n) is 5.76. The zero-order chi connectivity index (χ0) is 11.5. The van der Waals surface area contributed by atoms with Crippen molar-refractivity contribution in [1.29, 1.82) is 0 Å². The maximum absolute atomic E-state index is 12.2. The number of benzene rings is 1. The predicted molar refractivity (Wildman–Crippen MR) is 59.9 cm³/mol. The summed E-state index contributed by atoms with van der Waals surface area (Å²) in [5.41, 5.74) is 0.691. The first-order chi connectivity index (χ1) is 7.65. The highest BCUT2D eigenvalue weighted by molar-refractivity contribution is 5.30. The molecular formula is C13H17FO2. The molecule has 0 radical (unpaired) electrons. The summed E-state index contributed by atoms with van der Waals surface area (Å²) in [6, 6.07) is 3.94. The Kier molecular flexibility index (Phi) is 3.44. The lowest BCUT2D eigenvalue weighted by molar-refractivity contribution is 0.105. The molecule has 0 amide bonds. The topological polar surface area (TPSA) is 29.5 Å². The Morgan fingerprint density at radius 1 is 1.19 bits per heavy atom. The molecule has 1 N–H and O–H groups in total. The molecule has 16 heavy (non-hydrogen) atoms. The third-order valence-corrected chi connectivity index (χ3v) is 3.18. The van der Waals surface area contributed by atoms with Crippen LogP contribution in [0.1, 0.15) is 31.2 Å². The van der Waals surface area contributed by atoms with Gasteiger partial charge in [0.1, 0.15) is 11.6 Å². The van der Waals surface area contributed by atoms with Gasteiger partial charge in [-0.1, -0.05) is 6.07 Å². The van der Waals surface area contributed by atoms with Crippen LogP contribution in [-0.2, 0) is 4.74 Å². The number of phenolic OH excluding ortho intramolecular Hbond substituents is 1. The Balaban J connectivity index is 0.000000123. The van der Waals surface area contributed by atoms with E-state index in [1.807, 2.05) is 0 Å². The molecule has 2 heterocycles. The van der Waals surface area contributed by atoms with Crippen molar-refractivity contribution in [2.45, 2.75) is 44.8 Å². The summed E-state index contributed by atoms with van der Waals surface area (Å²) < 4.78 is 17.7. The lowest BCUT2D eigenvalue weighted by Crippen LogP contribution is -1.98. The third-order valence-electron chi connectivity index (χ3n) is 3.18. The summed E-state index contributed by atoms with van der Waals surface area (Å²) in [6.07, 6.45) is 6.69. The van der Waals surface area contributed by atoms with Gasteiger partial charge in [-0.05, 0) is 44.2 Å². The maximum Gasteiger partial charge on any atom is 0.126 e. The van der Waals surface area contributed by atoms with Gasteiger partial charge >= 0.3 is 0 Å². The Bertz CT molecular complexity index is 347. The Morgan fingerprint density at radius 3 is 2.06 bits per heavy atom. The highest BCUT2D eigenvalue weighted by Gasteiger charge is 2.31. The quantitative estimate of drug-likeness (QED) is 0.733. The van der Waals surface area contributed by atoms with Gasteiger partial charge in [0, 0.05) is 6.07 Å². The molecule has 2 bridgehead atoms.